The molecule has 23 heavy (non-hydrogen) atoms. The van der Waals surface area contributed by atoms with Crippen LogP contribution in [0.15, 0.2) is 28.7 Å². The van der Waals surface area contributed by atoms with Crippen LogP contribution in [0.4, 0.5) is 0 Å². The molecular weight excluding hydrogens is 352 g/mol. The average molecular weight is 375 g/mol. The van der Waals surface area contributed by atoms with Crippen molar-refractivity contribution in [3.05, 3.63) is 34.3 Å². The summed E-state index contributed by atoms with van der Waals surface area (Å²) >= 11 is 3.63. The number of benzene rings is 1. The summed E-state index contributed by atoms with van der Waals surface area (Å²) in [6, 6.07) is 8.96. The zero-order valence-corrected chi connectivity index (χ0v) is 14.9. The van der Waals surface area contributed by atoms with Gasteiger partial charge in [0.15, 0.2) is 0 Å². The van der Waals surface area contributed by atoms with Crippen LogP contribution < -0.4 is 4.74 Å². The van der Waals surface area contributed by atoms with Crippen molar-refractivity contribution >= 4 is 15.9 Å². The minimum absolute atomic E-state index is 0.684. The Labute approximate surface area is 146 Å². The van der Waals surface area contributed by atoms with Crippen LogP contribution in [0.1, 0.15) is 56.4 Å². The summed E-state index contributed by atoms with van der Waals surface area (Å²) in [7, 11) is 0. The van der Waals surface area contributed by atoms with E-state index in [-0.39, 0.29) is 0 Å². The Bertz CT molecular complexity index is 655. The summed E-state index contributed by atoms with van der Waals surface area (Å²) in [6.07, 6.45) is 9.41. The van der Waals surface area contributed by atoms with E-state index in [1.54, 1.807) is 0 Å². The maximum Gasteiger partial charge on any atom is 0.247 e. The monoisotopic (exact) mass is 374 g/mol. The quantitative estimate of drug-likeness (QED) is 0.731. The van der Waals surface area contributed by atoms with Crippen molar-refractivity contribution in [2.75, 3.05) is 6.61 Å². The molecule has 0 radical (unpaired) electrons. The molecule has 2 fully saturated rings. The van der Waals surface area contributed by atoms with E-state index in [1.807, 2.05) is 0 Å². The largest absolute Gasteiger partial charge is 0.476 e. The number of hydrogen-bond acceptors (Lipinski definition) is 2. The molecule has 1 aromatic carbocycles. The third-order valence-corrected chi connectivity index (χ3v) is 5.84. The van der Waals surface area contributed by atoms with Crippen LogP contribution in [0.25, 0.3) is 11.3 Å². The van der Waals surface area contributed by atoms with Gasteiger partial charge in [-0.3, -0.25) is 5.10 Å². The fourth-order valence-electron chi connectivity index (χ4n) is 3.44. The predicted molar refractivity (Wildman–Crippen MR) is 95.8 cm³/mol. The van der Waals surface area contributed by atoms with E-state index in [0.29, 0.717) is 5.88 Å². The Morgan fingerprint density at radius 1 is 1.04 bits per heavy atom. The first-order chi connectivity index (χ1) is 11.3. The normalized spacial score (nSPS) is 19.0. The Balaban J connectivity index is 1.48. The minimum atomic E-state index is 0.684. The highest BCUT2D eigenvalue weighted by Gasteiger charge is 2.23. The predicted octanol–water partition coefficient (Wildman–Crippen LogP) is 5.68. The summed E-state index contributed by atoms with van der Waals surface area (Å²) in [5, 5.41) is 7.42. The number of hydrogen-bond donors (Lipinski definition) is 1. The highest BCUT2D eigenvalue weighted by atomic mass is 79.9. The molecule has 0 spiro atoms. The first-order valence-electron chi connectivity index (χ1n) is 8.78. The molecule has 3 nitrogen and oxygen atoms in total. The van der Waals surface area contributed by atoms with Gasteiger partial charge in [-0.2, -0.15) is 0 Å². The second-order valence-corrected chi connectivity index (χ2v) is 7.72. The number of ether oxygens (including phenoxy) is 1. The molecule has 0 aliphatic heterocycles. The molecule has 0 amide bonds. The lowest BCUT2D eigenvalue weighted by Gasteiger charge is -2.22. The number of rotatable bonds is 5. The van der Waals surface area contributed by atoms with E-state index in [2.05, 4.69) is 50.4 Å². The van der Waals surface area contributed by atoms with Crippen molar-refractivity contribution in [1.29, 1.82) is 0 Å². The van der Waals surface area contributed by atoms with Gasteiger partial charge in [0, 0.05) is 5.56 Å². The van der Waals surface area contributed by atoms with Crippen LogP contribution in [0.5, 0.6) is 5.88 Å². The van der Waals surface area contributed by atoms with Gasteiger partial charge >= 0.3 is 0 Å². The van der Waals surface area contributed by atoms with Crippen molar-refractivity contribution < 1.29 is 4.74 Å². The highest BCUT2D eigenvalue weighted by Crippen LogP contribution is 2.37. The fraction of sp³-hybridized carbons (Fsp3) is 0.526. The number of nitrogens with zero attached hydrogens (tertiary/aromatic N) is 1. The molecule has 0 saturated heterocycles. The van der Waals surface area contributed by atoms with Gasteiger partial charge in [-0.25, -0.2) is 0 Å². The van der Waals surface area contributed by atoms with Gasteiger partial charge in [0.2, 0.25) is 5.88 Å². The Kier molecular flexibility index (Phi) is 4.43. The standard InChI is InChI=1S/C19H23BrN2O/c20-17-18(21-22-19(17)23-12-13-6-7-13)16-10-8-15(9-11-16)14-4-2-1-3-5-14/h8-11,13-14H,1-7,12H2,(H,21,22). The lowest BCUT2D eigenvalue weighted by atomic mass is 9.84. The number of nitrogens with one attached hydrogen (secondary N) is 1. The van der Waals surface area contributed by atoms with Gasteiger partial charge in [0.25, 0.3) is 0 Å². The lowest BCUT2D eigenvalue weighted by Crippen LogP contribution is -2.04. The summed E-state index contributed by atoms with van der Waals surface area (Å²) in [6.45, 7) is 0.781. The number of aromatic nitrogens is 2. The molecule has 0 unspecified atom stereocenters. The minimum Gasteiger partial charge on any atom is -0.476 e. The maximum atomic E-state index is 5.79. The van der Waals surface area contributed by atoms with E-state index < -0.39 is 0 Å². The smallest absolute Gasteiger partial charge is 0.247 e. The molecule has 1 heterocycles. The maximum absolute atomic E-state index is 5.79. The molecule has 0 atom stereocenters. The van der Waals surface area contributed by atoms with Gasteiger partial charge in [-0.15, -0.1) is 5.10 Å². The van der Waals surface area contributed by atoms with E-state index in [4.69, 9.17) is 4.74 Å². The number of aromatic amines is 1. The molecule has 1 aromatic heterocycles. The van der Waals surface area contributed by atoms with Crippen LogP contribution in [0.2, 0.25) is 0 Å². The molecule has 4 heteroatoms. The van der Waals surface area contributed by atoms with Crippen LogP contribution in [-0.2, 0) is 0 Å². The topological polar surface area (TPSA) is 37.9 Å². The molecule has 2 aliphatic carbocycles. The number of H-pyrrole nitrogens is 1. The SMILES string of the molecule is Brc1c(OCC2CC2)n[nH]c1-c1ccc(C2CCCCC2)cc1. The Morgan fingerprint density at radius 2 is 1.78 bits per heavy atom. The average Bonchev–Trinajstić information content (AvgIpc) is 3.37. The zero-order chi connectivity index (χ0) is 15.6. The molecule has 0 bridgehead atoms. The van der Waals surface area contributed by atoms with Gasteiger partial charge in [0.1, 0.15) is 4.47 Å². The van der Waals surface area contributed by atoms with Crippen LogP contribution >= 0.6 is 15.9 Å². The van der Waals surface area contributed by atoms with Crippen LogP contribution in [0.3, 0.4) is 0 Å². The third-order valence-electron chi connectivity index (χ3n) is 5.11. The first kappa shape index (κ1) is 15.3. The zero-order valence-electron chi connectivity index (χ0n) is 13.4. The number of halogens is 1. The van der Waals surface area contributed by atoms with Gasteiger partial charge < -0.3 is 4.74 Å². The van der Waals surface area contributed by atoms with E-state index in [0.717, 1.165) is 34.2 Å². The third kappa shape index (κ3) is 3.47. The fourth-order valence-corrected chi connectivity index (χ4v) is 3.96. The van der Waals surface area contributed by atoms with Crippen LogP contribution in [-0.4, -0.2) is 16.8 Å². The first-order valence-corrected chi connectivity index (χ1v) is 9.57. The summed E-state index contributed by atoms with van der Waals surface area (Å²) in [4.78, 5) is 0. The van der Waals surface area contributed by atoms with E-state index in [9.17, 15) is 0 Å². The molecule has 4 rings (SSSR count). The highest BCUT2D eigenvalue weighted by molar-refractivity contribution is 9.10. The van der Waals surface area contributed by atoms with Gasteiger partial charge in [-0.05, 0) is 59.0 Å². The second-order valence-electron chi connectivity index (χ2n) is 6.93. The van der Waals surface area contributed by atoms with Crippen molar-refractivity contribution in [3.63, 3.8) is 0 Å². The molecule has 122 valence electrons. The van der Waals surface area contributed by atoms with Gasteiger partial charge in [0.05, 0.1) is 12.3 Å². The summed E-state index contributed by atoms with van der Waals surface area (Å²) in [5.41, 5.74) is 3.64. The molecule has 2 saturated carbocycles. The second kappa shape index (κ2) is 6.68. The van der Waals surface area contributed by atoms with Crippen molar-refractivity contribution in [1.82, 2.24) is 10.2 Å². The van der Waals surface area contributed by atoms with E-state index >= 15 is 0 Å². The van der Waals surface area contributed by atoms with Crippen molar-refractivity contribution in [2.45, 2.75) is 50.9 Å². The molecule has 2 aliphatic rings. The lowest BCUT2D eigenvalue weighted by molar-refractivity contribution is 0.286. The van der Waals surface area contributed by atoms with Crippen molar-refractivity contribution in [3.8, 4) is 17.1 Å². The van der Waals surface area contributed by atoms with E-state index in [1.165, 1.54) is 50.5 Å². The molecule has 1 N–H and O–H groups in total. The summed E-state index contributed by atoms with van der Waals surface area (Å²) < 4.78 is 6.73. The van der Waals surface area contributed by atoms with Crippen molar-refractivity contribution in [2.24, 2.45) is 5.92 Å². The Morgan fingerprint density at radius 3 is 2.48 bits per heavy atom. The molecule has 2 aromatic rings. The van der Waals surface area contributed by atoms with Gasteiger partial charge in [-0.1, -0.05) is 43.5 Å². The molecular formula is C19H23BrN2O. The van der Waals surface area contributed by atoms with Crippen LogP contribution in [0, 0.1) is 5.92 Å². The Hall–Kier alpha value is -1.29. The summed E-state index contributed by atoms with van der Waals surface area (Å²) in [5.74, 6) is 2.17.